The van der Waals surface area contributed by atoms with Crippen LogP contribution in [0.15, 0.2) is 54.6 Å². The van der Waals surface area contributed by atoms with E-state index in [4.69, 9.17) is 11.6 Å². The summed E-state index contributed by atoms with van der Waals surface area (Å²) < 4.78 is 2.05. The number of rotatable bonds is 7. The number of nitrogens with one attached hydrogen (secondary N) is 2. The van der Waals surface area contributed by atoms with Crippen LogP contribution in [0.2, 0.25) is 5.02 Å². The normalized spacial score (nSPS) is 13.5. The van der Waals surface area contributed by atoms with E-state index in [1.807, 2.05) is 34.9 Å². The minimum atomic E-state index is -0.487. The molecule has 0 bridgehead atoms. The molecule has 154 valence electrons. The number of benzene rings is 2. The van der Waals surface area contributed by atoms with Crippen LogP contribution in [0.25, 0.3) is 0 Å². The van der Waals surface area contributed by atoms with Gasteiger partial charge in [0.2, 0.25) is 5.91 Å². The van der Waals surface area contributed by atoms with Crippen LogP contribution in [0.3, 0.4) is 0 Å². The Morgan fingerprint density at radius 2 is 1.83 bits per heavy atom. The molecule has 30 heavy (non-hydrogen) atoms. The van der Waals surface area contributed by atoms with Gasteiger partial charge in [-0.3, -0.25) is 9.59 Å². The Balaban J connectivity index is 1.44. The van der Waals surface area contributed by atoms with Gasteiger partial charge in [0.05, 0.1) is 29.6 Å². The van der Waals surface area contributed by atoms with Crippen LogP contribution in [0.5, 0.6) is 0 Å². The minimum absolute atomic E-state index is 0.0984. The lowest BCUT2D eigenvalue weighted by Crippen LogP contribution is -2.34. The number of halogens is 1. The summed E-state index contributed by atoms with van der Waals surface area (Å²) >= 11 is 6.15. The lowest BCUT2D eigenvalue weighted by atomic mass is 10.0. The van der Waals surface area contributed by atoms with Gasteiger partial charge in [-0.2, -0.15) is 0 Å². The molecule has 2 amide bonds. The van der Waals surface area contributed by atoms with E-state index in [9.17, 15) is 9.59 Å². The monoisotopic (exact) mass is 423 g/mol. The molecule has 4 rings (SSSR count). The molecule has 0 saturated heterocycles. The lowest BCUT2D eigenvalue weighted by molar-refractivity contribution is -0.121. The third-order valence-corrected chi connectivity index (χ3v) is 5.47. The summed E-state index contributed by atoms with van der Waals surface area (Å²) in [6.07, 6.45) is 2.07. The molecule has 1 aliphatic heterocycles. The average Bonchev–Trinajstić information content (AvgIpc) is 3.37. The van der Waals surface area contributed by atoms with Crippen molar-refractivity contribution in [3.8, 4) is 0 Å². The third kappa shape index (κ3) is 4.52. The summed E-state index contributed by atoms with van der Waals surface area (Å²) in [4.78, 5) is 25.4. The van der Waals surface area contributed by atoms with Crippen LogP contribution in [-0.2, 0) is 24.3 Å². The van der Waals surface area contributed by atoms with E-state index in [1.54, 1.807) is 24.3 Å². The number of fused-ring (bicyclic) bond motifs is 1. The topological polar surface area (TPSA) is 88.9 Å². The molecule has 1 atom stereocenters. The number of amides is 2. The number of hydrogen-bond acceptors (Lipinski definition) is 4. The summed E-state index contributed by atoms with van der Waals surface area (Å²) in [7, 11) is 0. The first-order chi connectivity index (χ1) is 14.6. The second kappa shape index (κ2) is 9.09. The number of aromatic nitrogens is 3. The number of carbonyl (C=O) groups is 2. The van der Waals surface area contributed by atoms with Gasteiger partial charge in [-0.05, 0) is 24.1 Å². The molecule has 1 aliphatic rings. The highest BCUT2D eigenvalue weighted by Gasteiger charge is 2.22. The molecule has 3 aromatic rings. The molecule has 2 heterocycles. The van der Waals surface area contributed by atoms with Crippen LogP contribution in [0, 0.1) is 0 Å². The number of nitrogens with zero attached hydrogens (tertiary/aromatic N) is 3. The molecule has 1 unspecified atom stereocenters. The van der Waals surface area contributed by atoms with E-state index in [1.165, 1.54) is 0 Å². The van der Waals surface area contributed by atoms with Crippen molar-refractivity contribution in [3.05, 3.63) is 82.4 Å². The molecule has 0 saturated carbocycles. The summed E-state index contributed by atoms with van der Waals surface area (Å²) in [5, 5.41) is 14.5. The zero-order valence-electron chi connectivity index (χ0n) is 16.3. The van der Waals surface area contributed by atoms with Crippen molar-refractivity contribution in [1.29, 1.82) is 0 Å². The standard InChI is InChI=1S/C22H22ClN5O2/c23-17-10-5-4-9-16(17)22(30)25-18(15-7-2-1-3-8-15)13-21(29)24-14-20-27-26-19-11-6-12-28(19)20/h1-5,7-10,18H,6,11-14H2,(H,24,29)(H,25,30). The highest BCUT2D eigenvalue weighted by molar-refractivity contribution is 6.33. The van der Waals surface area contributed by atoms with Gasteiger partial charge in [0.15, 0.2) is 5.82 Å². The van der Waals surface area contributed by atoms with Crippen LogP contribution in [-0.4, -0.2) is 26.6 Å². The number of aryl methyl sites for hydroxylation is 1. The Labute approximate surface area is 179 Å². The first-order valence-electron chi connectivity index (χ1n) is 9.90. The zero-order chi connectivity index (χ0) is 20.9. The van der Waals surface area contributed by atoms with Crippen molar-refractivity contribution in [2.75, 3.05) is 0 Å². The smallest absolute Gasteiger partial charge is 0.253 e. The second-order valence-corrected chi connectivity index (χ2v) is 7.59. The van der Waals surface area contributed by atoms with Crippen molar-refractivity contribution < 1.29 is 9.59 Å². The Morgan fingerprint density at radius 3 is 2.63 bits per heavy atom. The number of carbonyl (C=O) groups excluding carboxylic acids is 2. The molecule has 2 aromatic carbocycles. The molecule has 0 aliphatic carbocycles. The fourth-order valence-corrected chi connectivity index (χ4v) is 3.82. The Morgan fingerprint density at radius 1 is 1.07 bits per heavy atom. The van der Waals surface area contributed by atoms with Crippen molar-refractivity contribution in [3.63, 3.8) is 0 Å². The number of hydrogen-bond donors (Lipinski definition) is 2. The second-order valence-electron chi connectivity index (χ2n) is 7.19. The Bertz CT molecular complexity index is 1050. The maximum Gasteiger partial charge on any atom is 0.253 e. The van der Waals surface area contributed by atoms with E-state index in [0.717, 1.165) is 36.6 Å². The Hall–Kier alpha value is -3.19. The molecule has 7 nitrogen and oxygen atoms in total. The summed E-state index contributed by atoms with van der Waals surface area (Å²) in [5.74, 6) is 1.22. The quantitative estimate of drug-likeness (QED) is 0.611. The highest BCUT2D eigenvalue weighted by atomic mass is 35.5. The van der Waals surface area contributed by atoms with Gasteiger partial charge in [0.25, 0.3) is 5.91 Å². The fraction of sp³-hybridized carbons (Fsp3) is 0.273. The van der Waals surface area contributed by atoms with Crippen molar-refractivity contribution in [2.45, 2.75) is 38.4 Å². The average molecular weight is 424 g/mol. The SMILES string of the molecule is O=C(CC(NC(=O)c1ccccc1Cl)c1ccccc1)NCc1nnc2n1CCC2. The summed E-state index contributed by atoms with van der Waals surface area (Å²) in [6, 6.07) is 15.8. The first kappa shape index (κ1) is 20.1. The maximum absolute atomic E-state index is 12.8. The molecule has 2 N–H and O–H groups in total. The predicted octanol–water partition coefficient (Wildman–Crippen LogP) is 3.06. The lowest BCUT2D eigenvalue weighted by Gasteiger charge is -2.19. The van der Waals surface area contributed by atoms with Crippen LogP contribution < -0.4 is 10.6 Å². The highest BCUT2D eigenvalue weighted by Crippen LogP contribution is 2.20. The largest absolute Gasteiger partial charge is 0.349 e. The molecule has 8 heteroatoms. The van der Waals surface area contributed by atoms with E-state index in [0.29, 0.717) is 17.1 Å². The van der Waals surface area contributed by atoms with Crippen LogP contribution >= 0.6 is 11.6 Å². The fourth-order valence-electron chi connectivity index (χ4n) is 3.60. The molecular formula is C22H22ClN5O2. The summed E-state index contributed by atoms with van der Waals surface area (Å²) in [6.45, 7) is 1.19. The molecular weight excluding hydrogens is 402 g/mol. The van der Waals surface area contributed by atoms with Gasteiger partial charge >= 0.3 is 0 Å². The molecule has 0 spiro atoms. The summed E-state index contributed by atoms with van der Waals surface area (Å²) in [5.41, 5.74) is 1.22. The van der Waals surface area contributed by atoms with Gasteiger partial charge < -0.3 is 15.2 Å². The van der Waals surface area contributed by atoms with E-state index in [-0.39, 0.29) is 18.2 Å². The van der Waals surface area contributed by atoms with Gasteiger partial charge in [-0.25, -0.2) is 0 Å². The minimum Gasteiger partial charge on any atom is -0.349 e. The third-order valence-electron chi connectivity index (χ3n) is 5.15. The van der Waals surface area contributed by atoms with Gasteiger partial charge in [-0.1, -0.05) is 54.1 Å². The van der Waals surface area contributed by atoms with Crippen molar-refractivity contribution in [1.82, 2.24) is 25.4 Å². The van der Waals surface area contributed by atoms with Crippen molar-refractivity contribution in [2.24, 2.45) is 0 Å². The molecule has 1 aromatic heterocycles. The van der Waals surface area contributed by atoms with Gasteiger partial charge in [0, 0.05) is 13.0 Å². The van der Waals surface area contributed by atoms with Gasteiger partial charge in [0.1, 0.15) is 5.82 Å². The Kier molecular flexibility index (Phi) is 6.09. The molecule has 0 radical (unpaired) electrons. The van der Waals surface area contributed by atoms with E-state index < -0.39 is 6.04 Å². The van der Waals surface area contributed by atoms with E-state index in [2.05, 4.69) is 20.8 Å². The zero-order valence-corrected chi connectivity index (χ0v) is 17.1. The van der Waals surface area contributed by atoms with Crippen LogP contribution in [0.4, 0.5) is 0 Å². The maximum atomic E-state index is 12.8. The first-order valence-corrected chi connectivity index (χ1v) is 10.3. The van der Waals surface area contributed by atoms with Crippen LogP contribution in [0.1, 0.15) is 46.5 Å². The van der Waals surface area contributed by atoms with E-state index >= 15 is 0 Å². The molecule has 0 fully saturated rings. The predicted molar refractivity (Wildman–Crippen MR) is 113 cm³/mol. The van der Waals surface area contributed by atoms with Crippen molar-refractivity contribution >= 4 is 23.4 Å². The van der Waals surface area contributed by atoms with Gasteiger partial charge in [-0.15, -0.1) is 10.2 Å².